The van der Waals surface area contributed by atoms with E-state index in [0.29, 0.717) is 12.8 Å². The van der Waals surface area contributed by atoms with Gasteiger partial charge in [0, 0.05) is 6.42 Å². The van der Waals surface area contributed by atoms with Gasteiger partial charge in [-0.3, -0.25) is 4.79 Å². The molecule has 3 heterocycles. The summed E-state index contributed by atoms with van der Waals surface area (Å²) in [5, 5.41) is 119. The number of allylic oxidation sites excluding steroid dienone is 1. The van der Waals surface area contributed by atoms with Gasteiger partial charge in [-0.25, -0.2) is 0 Å². The lowest BCUT2D eigenvalue weighted by molar-refractivity contribution is -0.379. The molecule has 17 atom stereocenters. The van der Waals surface area contributed by atoms with E-state index in [2.05, 4.69) is 12.2 Å². The standard InChI is InChI=1S/C46H85NO18/c1-3-5-7-9-10-11-12-13-14-15-16-17-18-19-20-22-24-34(52)47-29(30(51)23-21-8-6-4-2)28-60-44-40(58)37(55)42(32(26-49)62-44)65-46-41(59)38(56)43(33(27-50)63-46)64-45-39(57)36(54)35(53)31(25-48)61-45/h21,23,29-33,35-46,48-51,53-59H,3-20,22,24-28H2,1-2H3,(H,47,52)/b23-21+. The fraction of sp³-hybridized carbons (Fsp3) is 0.935. The van der Waals surface area contributed by atoms with Gasteiger partial charge in [0.05, 0.1) is 38.6 Å². The van der Waals surface area contributed by atoms with E-state index in [4.69, 9.17) is 28.4 Å². The third-order valence-corrected chi connectivity index (χ3v) is 12.6. The maximum atomic E-state index is 13.1. The smallest absolute Gasteiger partial charge is 0.220 e. The molecule has 0 aromatic rings. The Morgan fingerprint density at radius 3 is 1.43 bits per heavy atom. The summed E-state index contributed by atoms with van der Waals surface area (Å²) >= 11 is 0. The molecule has 0 aromatic carbocycles. The van der Waals surface area contributed by atoms with Crippen molar-refractivity contribution < 1.29 is 89.4 Å². The van der Waals surface area contributed by atoms with Crippen molar-refractivity contribution in [2.24, 2.45) is 0 Å². The molecule has 1 amide bonds. The summed E-state index contributed by atoms with van der Waals surface area (Å²) in [6, 6.07) is -0.961. The van der Waals surface area contributed by atoms with Crippen LogP contribution in [0.4, 0.5) is 0 Å². The minimum Gasteiger partial charge on any atom is -0.394 e. The van der Waals surface area contributed by atoms with Crippen molar-refractivity contribution in [2.45, 2.75) is 247 Å². The molecule has 0 aromatic heterocycles. The summed E-state index contributed by atoms with van der Waals surface area (Å²) in [5.74, 6) is -0.285. The highest BCUT2D eigenvalue weighted by Crippen LogP contribution is 2.33. The Morgan fingerprint density at radius 2 is 0.954 bits per heavy atom. The van der Waals surface area contributed by atoms with Gasteiger partial charge in [-0.2, -0.15) is 0 Å². The number of unbranched alkanes of at least 4 members (excludes halogenated alkanes) is 17. The summed E-state index contributed by atoms with van der Waals surface area (Å²) in [6.45, 7) is 1.52. The molecule has 3 fully saturated rings. The molecule has 19 nitrogen and oxygen atoms in total. The first-order chi connectivity index (χ1) is 31.3. The number of ether oxygens (including phenoxy) is 6. The number of aliphatic hydroxyl groups is 11. The maximum absolute atomic E-state index is 13.1. The van der Waals surface area contributed by atoms with Crippen LogP contribution in [0.5, 0.6) is 0 Å². The average Bonchev–Trinajstić information content (AvgIpc) is 3.30. The molecule has 0 radical (unpaired) electrons. The van der Waals surface area contributed by atoms with E-state index < -0.39 is 124 Å². The lowest BCUT2D eigenvalue weighted by Gasteiger charge is -2.48. The number of nitrogens with one attached hydrogen (secondary N) is 1. The molecule has 382 valence electrons. The number of carbonyl (C=O) groups excluding carboxylic acids is 1. The lowest BCUT2D eigenvalue weighted by atomic mass is 9.96. The van der Waals surface area contributed by atoms with Crippen LogP contribution in [0.25, 0.3) is 0 Å². The van der Waals surface area contributed by atoms with Crippen molar-refractivity contribution in [2.75, 3.05) is 26.4 Å². The van der Waals surface area contributed by atoms with Gasteiger partial charge in [-0.15, -0.1) is 0 Å². The van der Waals surface area contributed by atoms with Gasteiger partial charge in [0.1, 0.15) is 73.2 Å². The Balaban J connectivity index is 1.49. The topological polar surface area (TPSA) is 307 Å². The molecule has 0 spiro atoms. The molecule has 12 N–H and O–H groups in total. The van der Waals surface area contributed by atoms with Crippen LogP contribution in [0.2, 0.25) is 0 Å². The van der Waals surface area contributed by atoms with Crippen LogP contribution in [0.1, 0.15) is 142 Å². The molecular weight excluding hydrogens is 854 g/mol. The number of hydrogen-bond acceptors (Lipinski definition) is 18. The van der Waals surface area contributed by atoms with Gasteiger partial charge < -0.3 is 89.9 Å². The fourth-order valence-corrected chi connectivity index (χ4v) is 8.41. The molecule has 0 saturated carbocycles. The highest BCUT2D eigenvalue weighted by molar-refractivity contribution is 5.76. The lowest BCUT2D eigenvalue weighted by Crippen LogP contribution is -2.66. The zero-order valence-electron chi connectivity index (χ0n) is 38.7. The van der Waals surface area contributed by atoms with Gasteiger partial charge in [-0.05, 0) is 12.8 Å². The molecule has 65 heavy (non-hydrogen) atoms. The molecule has 3 aliphatic rings. The summed E-state index contributed by atoms with van der Waals surface area (Å²) in [5.41, 5.74) is 0. The molecule has 19 heteroatoms. The van der Waals surface area contributed by atoms with Crippen molar-refractivity contribution in [1.82, 2.24) is 5.32 Å². The predicted octanol–water partition coefficient (Wildman–Crippen LogP) is 0.695. The Morgan fingerprint density at radius 1 is 0.538 bits per heavy atom. The third-order valence-electron chi connectivity index (χ3n) is 12.6. The first-order valence-corrected chi connectivity index (χ1v) is 24.4. The van der Waals surface area contributed by atoms with E-state index in [-0.39, 0.29) is 18.9 Å². The van der Waals surface area contributed by atoms with Gasteiger partial charge in [0.15, 0.2) is 18.9 Å². The van der Waals surface area contributed by atoms with Crippen LogP contribution in [0.15, 0.2) is 12.2 Å². The van der Waals surface area contributed by atoms with Crippen LogP contribution in [-0.4, -0.2) is 193 Å². The van der Waals surface area contributed by atoms with Crippen molar-refractivity contribution in [3.8, 4) is 0 Å². The summed E-state index contributed by atoms with van der Waals surface area (Å²) in [6.07, 6.45) is -1.14. The van der Waals surface area contributed by atoms with E-state index in [1.807, 2.05) is 13.0 Å². The van der Waals surface area contributed by atoms with Crippen molar-refractivity contribution in [1.29, 1.82) is 0 Å². The summed E-state index contributed by atoms with van der Waals surface area (Å²) < 4.78 is 33.9. The minimum atomic E-state index is -1.97. The number of amides is 1. The molecule has 3 saturated heterocycles. The van der Waals surface area contributed by atoms with Crippen LogP contribution < -0.4 is 5.32 Å². The Bertz CT molecular complexity index is 1260. The zero-order chi connectivity index (χ0) is 47.7. The largest absolute Gasteiger partial charge is 0.394 e. The second-order valence-corrected chi connectivity index (χ2v) is 17.9. The summed E-state index contributed by atoms with van der Waals surface area (Å²) in [7, 11) is 0. The van der Waals surface area contributed by atoms with Gasteiger partial charge in [-0.1, -0.05) is 135 Å². The SMILES string of the molecule is CCCC/C=C/C(O)C(COC1OC(CO)C(OC2OC(CO)C(OC3OC(CO)C(O)C(O)C3O)C(O)C2O)C(O)C1O)NC(=O)CCCCCCCCCCCCCCCCCC. The van der Waals surface area contributed by atoms with E-state index in [1.165, 1.54) is 77.0 Å². The maximum Gasteiger partial charge on any atom is 0.220 e. The van der Waals surface area contributed by atoms with E-state index in [0.717, 1.165) is 32.1 Å². The Kier molecular flexibility index (Phi) is 28.8. The monoisotopic (exact) mass is 940 g/mol. The first-order valence-electron chi connectivity index (χ1n) is 24.4. The normalized spacial score (nSPS) is 34.2. The fourth-order valence-electron chi connectivity index (χ4n) is 8.41. The molecular formula is C46H85NO18. The molecule has 0 aliphatic carbocycles. The second kappa shape index (κ2) is 32.4. The van der Waals surface area contributed by atoms with Crippen molar-refractivity contribution >= 4 is 5.91 Å². The van der Waals surface area contributed by atoms with Gasteiger partial charge in [0.25, 0.3) is 0 Å². The first kappa shape index (κ1) is 57.8. The number of hydrogen-bond donors (Lipinski definition) is 12. The van der Waals surface area contributed by atoms with E-state index >= 15 is 0 Å². The van der Waals surface area contributed by atoms with Crippen LogP contribution >= 0.6 is 0 Å². The average molecular weight is 940 g/mol. The summed E-state index contributed by atoms with van der Waals surface area (Å²) in [4.78, 5) is 13.1. The molecule has 3 rings (SSSR count). The number of carbonyl (C=O) groups is 1. The van der Waals surface area contributed by atoms with Crippen LogP contribution in [0, 0.1) is 0 Å². The molecule has 0 bridgehead atoms. The Hall–Kier alpha value is -1.47. The van der Waals surface area contributed by atoms with E-state index in [9.17, 15) is 61.0 Å². The zero-order valence-corrected chi connectivity index (χ0v) is 38.7. The highest BCUT2D eigenvalue weighted by atomic mass is 16.8. The predicted molar refractivity (Wildman–Crippen MR) is 236 cm³/mol. The van der Waals surface area contributed by atoms with Gasteiger partial charge >= 0.3 is 0 Å². The highest BCUT2D eigenvalue weighted by Gasteiger charge is 2.53. The second-order valence-electron chi connectivity index (χ2n) is 17.9. The van der Waals surface area contributed by atoms with E-state index in [1.54, 1.807) is 6.08 Å². The van der Waals surface area contributed by atoms with Crippen molar-refractivity contribution in [3.05, 3.63) is 12.2 Å². The quantitative estimate of drug-likeness (QED) is 0.0318. The molecule has 17 unspecified atom stereocenters. The number of rotatable bonds is 33. The third kappa shape index (κ3) is 19.1. The van der Waals surface area contributed by atoms with Gasteiger partial charge in [0.2, 0.25) is 5.91 Å². The van der Waals surface area contributed by atoms with Crippen molar-refractivity contribution in [3.63, 3.8) is 0 Å². The number of aliphatic hydroxyl groups excluding tert-OH is 11. The van der Waals surface area contributed by atoms with Crippen LogP contribution in [-0.2, 0) is 33.2 Å². The van der Waals surface area contributed by atoms with Crippen LogP contribution in [0.3, 0.4) is 0 Å². The minimum absolute atomic E-state index is 0.246. The Labute approximate surface area is 385 Å². The molecule has 3 aliphatic heterocycles.